The molecule has 0 aliphatic heterocycles. The van der Waals surface area contributed by atoms with Crippen molar-refractivity contribution in [2.75, 3.05) is 18.1 Å². The topological polar surface area (TPSA) is 57.5 Å². The van der Waals surface area contributed by atoms with Crippen molar-refractivity contribution in [2.24, 2.45) is 5.41 Å². The Morgan fingerprint density at radius 2 is 2.08 bits per heavy atom. The number of carboxylic acids is 1. The fourth-order valence-corrected chi connectivity index (χ4v) is 1.36. The number of hydrogen-bond donors (Lipinski definition) is 2. The third-order valence-electron chi connectivity index (χ3n) is 1.28. The Kier molecular flexibility index (Phi) is 9.17. The first kappa shape index (κ1) is 15.3. The molecule has 0 unspecified atom stereocenters. The maximum atomic E-state index is 10.5. The van der Waals surface area contributed by atoms with Gasteiger partial charge in [-0.1, -0.05) is 0 Å². The Hall–Kier alpha value is 0.780. The number of rotatable bonds is 5. The molecule has 0 fully saturated rings. The molecule has 0 aliphatic carbocycles. The van der Waals surface area contributed by atoms with Crippen LogP contribution >= 0.6 is 11.8 Å². The van der Waals surface area contributed by atoms with E-state index >= 15 is 0 Å². The molecule has 0 radical (unpaired) electrons. The summed E-state index contributed by atoms with van der Waals surface area (Å²) in [6.45, 7) is 3.47. The van der Waals surface area contributed by atoms with Crippen LogP contribution in [0.2, 0.25) is 0 Å². The summed E-state index contributed by atoms with van der Waals surface area (Å²) in [7, 11) is 0. The first-order valence-corrected chi connectivity index (χ1v) is 4.58. The van der Waals surface area contributed by atoms with E-state index in [-0.39, 0.29) is 37.6 Å². The second kappa shape index (κ2) is 7.21. The van der Waals surface area contributed by atoms with E-state index in [1.807, 2.05) is 0 Å². The number of thioether (sulfide) groups is 1. The molecule has 0 aliphatic rings. The zero-order valence-corrected chi connectivity index (χ0v) is 10.6. The van der Waals surface area contributed by atoms with Crippen molar-refractivity contribution < 1.29 is 46.0 Å². The molecule has 0 aromatic heterocycles. The Bertz CT molecular complexity index is 144. The van der Waals surface area contributed by atoms with Gasteiger partial charge < -0.3 is 11.6 Å². The predicted molar refractivity (Wildman–Crippen MR) is 46.9 cm³/mol. The van der Waals surface area contributed by atoms with Gasteiger partial charge in [-0.05, 0) is 13.8 Å². The predicted octanol–water partition coefficient (Wildman–Crippen LogP) is -2.06. The van der Waals surface area contributed by atoms with Crippen molar-refractivity contribution in [3.8, 4) is 0 Å². The van der Waals surface area contributed by atoms with Gasteiger partial charge in [0.15, 0.2) is 0 Å². The summed E-state index contributed by atoms with van der Waals surface area (Å²) in [6.07, 6.45) is 0. The number of hydrogen-bond acceptors (Lipinski definition) is 3. The summed E-state index contributed by atoms with van der Waals surface area (Å²) in [5, 5.41) is 17.1. The largest absolute Gasteiger partial charge is 1.00 e. The maximum Gasteiger partial charge on any atom is 1.00 e. The van der Waals surface area contributed by atoms with E-state index in [1.165, 1.54) is 11.8 Å². The molecule has 0 bridgehead atoms. The number of carbonyl (C=O) groups is 1. The monoisotopic (exact) mass is 202 g/mol. The summed E-state index contributed by atoms with van der Waals surface area (Å²) in [5.74, 6) is 0.363. The van der Waals surface area contributed by atoms with Gasteiger partial charge >= 0.3 is 35.5 Å². The zero-order valence-electron chi connectivity index (χ0n) is 8.83. The summed E-state index contributed by atoms with van der Waals surface area (Å²) < 4.78 is 0. The van der Waals surface area contributed by atoms with Crippen molar-refractivity contribution in [1.82, 2.24) is 0 Å². The van der Waals surface area contributed by atoms with E-state index < -0.39 is 11.4 Å². The van der Waals surface area contributed by atoms with Crippen LogP contribution in [0, 0.1) is 5.41 Å². The van der Waals surface area contributed by atoms with Gasteiger partial charge in [-0.3, -0.25) is 4.79 Å². The quantitative estimate of drug-likeness (QED) is 0.397. The van der Waals surface area contributed by atoms with Crippen molar-refractivity contribution >= 4 is 17.7 Å². The zero-order chi connectivity index (χ0) is 8.91. The first-order chi connectivity index (χ1) is 5.00. The molecule has 0 aromatic rings. The first-order valence-electron chi connectivity index (χ1n) is 3.42. The molecule has 5 heteroatoms. The van der Waals surface area contributed by atoms with E-state index in [9.17, 15) is 4.79 Å². The van der Waals surface area contributed by atoms with Gasteiger partial charge in [0.25, 0.3) is 0 Å². The van der Waals surface area contributed by atoms with Crippen LogP contribution < -0.4 is 29.6 Å². The van der Waals surface area contributed by atoms with Gasteiger partial charge in [0, 0.05) is 11.5 Å². The molecular formula is C7H15NaO3S. The minimum atomic E-state index is -0.789. The van der Waals surface area contributed by atoms with Crippen LogP contribution in [-0.4, -0.2) is 34.3 Å². The molecule has 68 valence electrons. The minimum Gasteiger partial charge on any atom is -1.00 e. The molecular weight excluding hydrogens is 187 g/mol. The summed E-state index contributed by atoms with van der Waals surface area (Å²) in [5.41, 5.74) is -0.681. The minimum absolute atomic E-state index is 0. The normalized spacial score (nSPS) is 10.6. The smallest absolute Gasteiger partial charge is 1.00 e. The Morgan fingerprint density at radius 1 is 1.58 bits per heavy atom. The van der Waals surface area contributed by atoms with Gasteiger partial charge in [-0.25, -0.2) is 0 Å². The van der Waals surface area contributed by atoms with E-state index in [4.69, 9.17) is 10.2 Å². The number of aliphatic hydroxyl groups excluding tert-OH is 1. The third kappa shape index (κ3) is 6.31. The van der Waals surface area contributed by atoms with Gasteiger partial charge in [0.1, 0.15) is 0 Å². The molecule has 0 saturated heterocycles. The van der Waals surface area contributed by atoms with E-state index in [1.54, 1.807) is 13.8 Å². The molecule has 2 N–H and O–H groups in total. The van der Waals surface area contributed by atoms with Crippen LogP contribution in [0.5, 0.6) is 0 Å². The van der Waals surface area contributed by atoms with Crippen molar-refractivity contribution in [3.05, 3.63) is 0 Å². The van der Waals surface area contributed by atoms with Gasteiger partial charge in [0.2, 0.25) is 0 Å². The average Bonchev–Trinajstić information content (AvgIpc) is 1.88. The summed E-state index contributed by atoms with van der Waals surface area (Å²) in [4.78, 5) is 10.5. The van der Waals surface area contributed by atoms with Crippen LogP contribution in [-0.2, 0) is 4.79 Å². The van der Waals surface area contributed by atoms with Crippen LogP contribution in [0.15, 0.2) is 0 Å². The number of aliphatic carboxylic acids is 1. The second-order valence-corrected chi connectivity index (χ2v) is 4.07. The van der Waals surface area contributed by atoms with Crippen molar-refractivity contribution in [1.29, 1.82) is 0 Å². The summed E-state index contributed by atoms with van der Waals surface area (Å²) >= 11 is 1.46. The Labute approximate surface area is 101 Å². The average molecular weight is 202 g/mol. The second-order valence-electron chi connectivity index (χ2n) is 2.97. The standard InChI is InChI=1S/C7H14O3S.Na.H/c1-7(2,6(9)10)5-11-4-3-8;;/h8H,3-5H2,1-2H3,(H,9,10);;/q;+1;-1. The van der Waals surface area contributed by atoms with E-state index in [0.29, 0.717) is 11.5 Å². The summed E-state index contributed by atoms with van der Waals surface area (Å²) in [6, 6.07) is 0. The van der Waals surface area contributed by atoms with Crippen LogP contribution in [0.4, 0.5) is 0 Å². The molecule has 0 heterocycles. The van der Waals surface area contributed by atoms with Crippen LogP contribution in [0.3, 0.4) is 0 Å². The molecule has 0 aromatic carbocycles. The van der Waals surface area contributed by atoms with Gasteiger partial charge in [0.05, 0.1) is 12.0 Å². The molecule has 0 atom stereocenters. The van der Waals surface area contributed by atoms with Crippen LogP contribution in [0.1, 0.15) is 15.3 Å². The molecule has 0 saturated carbocycles. The SMILES string of the molecule is CC(C)(CSCCO)C(=O)O.[H-].[Na+]. The van der Waals surface area contributed by atoms with E-state index in [0.717, 1.165) is 0 Å². The van der Waals surface area contributed by atoms with Gasteiger partial charge in [-0.15, -0.1) is 0 Å². The molecule has 0 rings (SSSR count). The fourth-order valence-electron chi connectivity index (χ4n) is 0.454. The Balaban J connectivity index is -0.000000500. The number of carboxylic acid groups (broad SMARTS) is 1. The molecule has 12 heavy (non-hydrogen) atoms. The van der Waals surface area contributed by atoms with Crippen molar-refractivity contribution in [3.63, 3.8) is 0 Å². The van der Waals surface area contributed by atoms with Crippen molar-refractivity contribution in [2.45, 2.75) is 13.8 Å². The number of aliphatic hydroxyl groups is 1. The molecule has 3 nitrogen and oxygen atoms in total. The van der Waals surface area contributed by atoms with E-state index in [2.05, 4.69) is 0 Å². The van der Waals surface area contributed by atoms with Crippen LogP contribution in [0.25, 0.3) is 0 Å². The fraction of sp³-hybridized carbons (Fsp3) is 0.857. The van der Waals surface area contributed by atoms with Gasteiger partial charge in [-0.2, -0.15) is 11.8 Å². The molecule has 0 amide bonds. The molecule has 0 spiro atoms. The third-order valence-corrected chi connectivity index (χ3v) is 2.67. The Morgan fingerprint density at radius 3 is 2.42 bits per heavy atom. The maximum absolute atomic E-state index is 10.5.